The van der Waals surface area contributed by atoms with Crippen molar-refractivity contribution in [1.82, 2.24) is 4.90 Å². The van der Waals surface area contributed by atoms with E-state index in [1.807, 2.05) is 31.2 Å². The molecular formula is C21H26N2O4. The lowest BCUT2D eigenvalue weighted by molar-refractivity contribution is -0.156. The number of anilines is 1. The molecule has 2 saturated heterocycles. The number of amides is 2. The van der Waals surface area contributed by atoms with Crippen LogP contribution in [-0.2, 0) is 19.1 Å². The number of ether oxygens (including phenoxy) is 1. The zero-order valence-corrected chi connectivity index (χ0v) is 15.8. The van der Waals surface area contributed by atoms with Gasteiger partial charge in [-0.15, -0.1) is 0 Å². The number of carbonyl (C=O) groups excluding carboxylic acids is 3. The van der Waals surface area contributed by atoms with Crippen molar-refractivity contribution >= 4 is 23.5 Å². The third-order valence-electron chi connectivity index (χ3n) is 6.20. The van der Waals surface area contributed by atoms with Crippen LogP contribution in [0.25, 0.3) is 0 Å². The highest BCUT2D eigenvalue weighted by molar-refractivity contribution is 5.99. The summed E-state index contributed by atoms with van der Waals surface area (Å²) in [6.07, 6.45) is 4.74. The summed E-state index contributed by atoms with van der Waals surface area (Å²) in [5, 5.41) is 0. The van der Waals surface area contributed by atoms with E-state index in [-0.39, 0.29) is 30.7 Å². The quantitative estimate of drug-likeness (QED) is 0.750. The van der Waals surface area contributed by atoms with Crippen molar-refractivity contribution in [3.63, 3.8) is 0 Å². The Balaban J connectivity index is 1.46. The minimum Gasteiger partial charge on any atom is -0.458 e. The average molecular weight is 370 g/mol. The first-order valence-corrected chi connectivity index (χ1v) is 9.86. The normalized spacial score (nSPS) is 25.0. The molecule has 1 aromatic rings. The number of aryl methyl sites for hydroxylation is 1. The predicted molar refractivity (Wildman–Crippen MR) is 100 cm³/mol. The van der Waals surface area contributed by atoms with E-state index in [9.17, 15) is 14.4 Å². The van der Waals surface area contributed by atoms with Crippen molar-refractivity contribution in [1.29, 1.82) is 0 Å². The Kier molecular flexibility index (Phi) is 4.66. The molecule has 6 nitrogen and oxygen atoms in total. The Morgan fingerprint density at radius 3 is 2.44 bits per heavy atom. The number of hydrogen-bond acceptors (Lipinski definition) is 4. The molecule has 6 heteroatoms. The summed E-state index contributed by atoms with van der Waals surface area (Å²) in [6, 6.07) is 7.83. The second-order valence-corrected chi connectivity index (χ2v) is 8.00. The maximum atomic E-state index is 13.2. The van der Waals surface area contributed by atoms with Gasteiger partial charge in [-0.3, -0.25) is 14.4 Å². The molecule has 3 fully saturated rings. The summed E-state index contributed by atoms with van der Waals surface area (Å²) in [5.41, 5.74) is 1.37. The third-order valence-corrected chi connectivity index (χ3v) is 6.20. The van der Waals surface area contributed by atoms with E-state index in [0.717, 1.165) is 43.4 Å². The van der Waals surface area contributed by atoms with Gasteiger partial charge in [-0.05, 0) is 44.7 Å². The number of nitrogens with zero attached hydrogens (tertiary/aromatic N) is 2. The molecule has 2 aliphatic heterocycles. The molecule has 4 rings (SSSR count). The van der Waals surface area contributed by atoms with Crippen LogP contribution in [0.2, 0.25) is 0 Å². The lowest BCUT2D eigenvalue weighted by atomic mass is 9.75. The lowest BCUT2D eigenvalue weighted by Gasteiger charge is -2.40. The summed E-state index contributed by atoms with van der Waals surface area (Å²) in [7, 11) is 0. The van der Waals surface area contributed by atoms with Crippen LogP contribution in [0.1, 0.15) is 44.1 Å². The van der Waals surface area contributed by atoms with Crippen LogP contribution in [-0.4, -0.2) is 47.9 Å². The third kappa shape index (κ3) is 3.33. The molecule has 144 valence electrons. The van der Waals surface area contributed by atoms with Crippen molar-refractivity contribution in [2.24, 2.45) is 5.92 Å². The fourth-order valence-electron chi connectivity index (χ4n) is 4.68. The standard InChI is InChI=1S/C21H26N2O4/c1-15-5-7-16(8-6-15)23-12-11-22(14-18(23)24)20(26)17-13-19(25)27-21(17)9-3-2-4-10-21/h5-8,17H,2-4,9-14H2,1H3. The van der Waals surface area contributed by atoms with Crippen LogP contribution in [0.15, 0.2) is 24.3 Å². The van der Waals surface area contributed by atoms with Gasteiger partial charge in [0.05, 0.1) is 12.3 Å². The zero-order valence-electron chi connectivity index (χ0n) is 15.8. The Hall–Kier alpha value is -2.37. The monoisotopic (exact) mass is 370 g/mol. The molecule has 0 bridgehead atoms. The van der Waals surface area contributed by atoms with Crippen molar-refractivity contribution in [2.45, 2.75) is 51.0 Å². The predicted octanol–water partition coefficient (Wildman–Crippen LogP) is 2.44. The van der Waals surface area contributed by atoms with E-state index in [1.54, 1.807) is 9.80 Å². The molecule has 3 aliphatic rings. The van der Waals surface area contributed by atoms with Crippen molar-refractivity contribution in [2.75, 3.05) is 24.5 Å². The number of rotatable bonds is 2. The van der Waals surface area contributed by atoms with E-state index in [4.69, 9.17) is 4.74 Å². The number of benzene rings is 1. The molecule has 0 aromatic heterocycles. The maximum absolute atomic E-state index is 13.2. The van der Waals surface area contributed by atoms with Gasteiger partial charge in [0, 0.05) is 18.8 Å². The number of esters is 1. The highest BCUT2D eigenvalue weighted by atomic mass is 16.6. The first-order chi connectivity index (χ1) is 13.0. The Morgan fingerprint density at radius 1 is 1.07 bits per heavy atom. The molecule has 2 amide bonds. The fraction of sp³-hybridized carbons (Fsp3) is 0.571. The van der Waals surface area contributed by atoms with Crippen LogP contribution in [0.5, 0.6) is 0 Å². The van der Waals surface area contributed by atoms with Crippen LogP contribution < -0.4 is 4.90 Å². The number of carbonyl (C=O) groups is 3. The maximum Gasteiger partial charge on any atom is 0.307 e. The molecule has 0 N–H and O–H groups in total. The van der Waals surface area contributed by atoms with Gasteiger partial charge in [0.2, 0.25) is 11.8 Å². The van der Waals surface area contributed by atoms with Gasteiger partial charge in [-0.1, -0.05) is 24.1 Å². The second-order valence-electron chi connectivity index (χ2n) is 8.00. The van der Waals surface area contributed by atoms with E-state index >= 15 is 0 Å². The minimum absolute atomic E-state index is 0.0630. The van der Waals surface area contributed by atoms with Gasteiger partial charge in [0.15, 0.2) is 0 Å². The largest absolute Gasteiger partial charge is 0.458 e. The zero-order chi connectivity index (χ0) is 19.0. The van der Waals surface area contributed by atoms with Gasteiger partial charge in [0.25, 0.3) is 0 Å². The Morgan fingerprint density at radius 2 is 1.78 bits per heavy atom. The van der Waals surface area contributed by atoms with Gasteiger partial charge in [-0.2, -0.15) is 0 Å². The molecule has 1 unspecified atom stereocenters. The molecule has 1 aliphatic carbocycles. The van der Waals surface area contributed by atoms with Crippen molar-refractivity contribution in [3.05, 3.63) is 29.8 Å². The second kappa shape index (κ2) is 6.98. The fourth-order valence-corrected chi connectivity index (χ4v) is 4.68. The van der Waals surface area contributed by atoms with Gasteiger partial charge in [-0.25, -0.2) is 0 Å². The molecule has 0 radical (unpaired) electrons. The average Bonchev–Trinajstić information content (AvgIpc) is 2.98. The molecule has 27 heavy (non-hydrogen) atoms. The topological polar surface area (TPSA) is 66.9 Å². The number of piperazine rings is 1. The van der Waals surface area contributed by atoms with E-state index in [0.29, 0.717) is 13.1 Å². The van der Waals surface area contributed by atoms with Gasteiger partial charge >= 0.3 is 5.97 Å². The molecule has 1 atom stereocenters. The van der Waals surface area contributed by atoms with Gasteiger partial charge < -0.3 is 14.5 Å². The van der Waals surface area contributed by atoms with Crippen LogP contribution >= 0.6 is 0 Å². The highest BCUT2D eigenvalue weighted by Gasteiger charge is 2.54. The van der Waals surface area contributed by atoms with E-state index in [1.165, 1.54) is 0 Å². The van der Waals surface area contributed by atoms with Crippen molar-refractivity contribution < 1.29 is 19.1 Å². The first-order valence-electron chi connectivity index (χ1n) is 9.86. The molecule has 1 spiro atoms. The van der Waals surface area contributed by atoms with Gasteiger partial charge in [0.1, 0.15) is 12.1 Å². The molecular weight excluding hydrogens is 344 g/mol. The smallest absolute Gasteiger partial charge is 0.307 e. The van der Waals surface area contributed by atoms with Crippen LogP contribution in [0.4, 0.5) is 5.69 Å². The van der Waals surface area contributed by atoms with E-state index < -0.39 is 11.5 Å². The Labute approximate surface area is 159 Å². The lowest BCUT2D eigenvalue weighted by Crippen LogP contribution is -2.56. The number of hydrogen-bond donors (Lipinski definition) is 0. The Bertz CT molecular complexity index is 752. The van der Waals surface area contributed by atoms with Crippen LogP contribution in [0.3, 0.4) is 0 Å². The molecule has 2 heterocycles. The molecule has 1 saturated carbocycles. The summed E-state index contributed by atoms with van der Waals surface area (Å²) in [4.78, 5) is 41.2. The summed E-state index contributed by atoms with van der Waals surface area (Å²) < 4.78 is 5.66. The summed E-state index contributed by atoms with van der Waals surface area (Å²) in [5.74, 6) is -0.898. The van der Waals surface area contributed by atoms with E-state index in [2.05, 4.69) is 0 Å². The van der Waals surface area contributed by atoms with Crippen molar-refractivity contribution in [3.8, 4) is 0 Å². The SMILES string of the molecule is Cc1ccc(N2CCN(C(=O)C3CC(=O)OC34CCCCC4)CC2=O)cc1. The minimum atomic E-state index is -0.635. The highest BCUT2D eigenvalue weighted by Crippen LogP contribution is 2.45. The summed E-state index contributed by atoms with van der Waals surface area (Å²) in [6.45, 7) is 3.03. The first kappa shape index (κ1) is 18.0. The summed E-state index contributed by atoms with van der Waals surface area (Å²) >= 11 is 0. The molecule has 1 aromatic carbocycles. The van der Waals surface area contributed by atoms with Crippen LogP contribution in [0, 0.1) is 12.8 Å².